The highest BCUT2D eigenvalue weighted by atomic mass is 16.5. The molecule has 1 aromatic carbocycles. The molecule has 0 aromatic heterocycles. The summed E-state index contributed by atoms with van der Waals surface area (Å²) >= 11 is 0. The molecular weight excluding hydrogens is 236 g/mol. The molecule has 1 aliphatic rings. The molecule has 106 valence electrons. The Bertz CT molecular complexity index is 405. The van der Waals surface area contributed by atoms with Crippen molar-refractivity contribution in [3.63, 3.8) is 0 Å². The van der Waals surface area contributed by atoms with Gasteiger partial charge < -0.3 is 9.84 Å². The van der Waals surface area contributed by atoms with Crippen molar-refractivity contribution in [2.45, 2.75) is 65.1 Å². The first-order valence-corrected chi connectivity index (χ1v) is 7.46. The first kappa shape index (κ1) is 14.4. The van der Waals surface area contributed by atoms with Gasteiger partial charge in [0.05, 0.1) is 12.2 Å². The third-order valence-corrected chi connectivity index (χ3v) is 4.20. The summed E-state index contributed by atoms with van der Waals surface area (Å²) in [5.41, 5.74) is 1.01. The van der Waals surface area contributed by atoms with Gasteiger partial charge in [-0.25, -0.2) is 0 Å². The second-order valence-corrected chi connectivity index (χ2v) is 6.36. The number of rotatable bonds is 4. The molecular formula is C17H26O2. The van der Waals surface area contributed by atoms with Crippen LogP contribution in [0.2, 0.25) is 0 Å². The van der Waals surface area contributed by atoms with Gasteiger partial charge in [-0.05, 0) is 49.8 Å². The van der Waals surface area contributed by atoms with E-state index in [2.05, 4.69) is 6.92 Å². The van der Waals surface area contributed by atoms with Gasteiger partial charge in [0.1, 0.15) is 5.75 Å². The Morgan fingerprint density at radius 3 is 2.47 bits per heavy atom. The minimum atomic E-state index is -0.386. The average Bonchev–Trinajstić information content (AvgIpc) is 2.38. The molecule has 1 atom stereocenters. The Morgan fingerprint density at radius 2 is 1.84 bits per heavy atom. The molecule has 1 saturated carbocycles. The summed E-state index contributed by atoms with van der Waals surface area (Å²) < 4.78 is 5.71. The number of aliphatic hydroxyl groups excluding tert-OH is 1. The van der Waals surface area contributed by atoms with E-state index in [1.54, 1.807) is 0 Å². The summed E-state index contributed by atoms with van der Waals surface area (Å²) in [5, 5.41) is 10.7. The maximum absolute atomic E-state index is 10.7. The predicted octanol–water partition coefficient (Wildman–Crippen LogP) is 4.48. The molecule has 1 aromatic rings. The van der Waals surface area contributed by atoms with Crippen molar-refractivity contribution in [3.05, 3.63) is 29.8 Å². The summed E-state index contributed by atoms with van der Waals surface area (Å²) in [4.78, 5) is 0. The number of ether oxygens (including phenoxy) is 1. The van der Waals surface area contributed by atoms with E-state index in [-0.39, 0.29) is 17.6 Å². The van der Waals surface area contributed by atoms with E-state index in [0.717, 1.165) is 24.2 Å². The topological polar surface area (TPSA) is 29.5 Å². The molecule has 2 rings (SSSR count). The van der Waals surface area contributed by atoms with E-state index >= 15 is 0 Å². The quantitative estimate of drug-likeness (QED) is 0.867. The zero-order valence-corrected chi connectivity index (χ0v) is 12.4. The second kappa shape index (κ2) is 5.96. The van der Waals surface area contributed by atoms with Crippen LogP contribution in [0.3, 0.4) is 0 Å². The molecule has 1 fully saturated rings. The van der Waals surface area contributed by atoms with Crippen LogP contribution in [0.5, 0.6) is 5.75 Å². The predicted molar refractivity (Wildman–Crippen MR) is 78.4 cm³/mol. The molecule has 0 heterocycles. The number of hydrogen-bond acceptors (Lipinski definition) is 2. The molecule has 0 amide bonds. The standard InChI is InChI=1S/C17H26O2/c1-13(2)19-15-9-7-8-14(12-15)16(18)17(3)10-5-4-6-11-17/h7-9,12-13,16,18H,4-6,10-11H2,1-3H3. The van der Waals surface area contributed by atoms with Gasteiger partial charge in [-0.1, -0.05) is 38.3 Å². The highest BCUT2D eigenvalue weighted by Crippen LogP contribution is 2.45. The van der Waals surface area contributed by atoms with Crippen molar-refractivity contribution in [2.24, 2.45) is 5.41 Å². The Hall–Kier alpha value is -1.02. The fourth-order valence-electron chi connectivity index (χ4n) is 3.07. The maximum atomic E-state index is 10.7. The molecule has 0 saturated heterocycles. The van der Waals surface area contributed by atoms with Crippen molar-refractivity contribution < 1.29 is 9.84 Å². The Morgan fingerprint density at radius 1 is 1.16 bits per heavy atom. The van der Waals surface area contributed by atoms with Gasteiger partial charge in [0, 0.05) is 0 Å². The first-order valence-electron chi connectivity index (χ1n) is 7.46. The molecule has 19 heavy (non-hydrogen) atoms. The van der Waals surface area contributed by atoms with E-state index in [1.807, 2.05) is 38.1 Å². The monoisotopic (exact) mass is 262 g/mol. The number of hydrogen-bond donors (Lipinski definition) is 1. The van der Waals surface area contributed by atoms with Gasteiger partial charge in [0.15, 0.2) is 0 Å². The van der Waals surface area contributed by atoms with Crippen LogP contribution < -0.4 is 4.74 Å². The third-order valence-electron chi connectivity index (χ3n) is 4.20. The third kappa shape index (κ3) is 3.50. The Kier molecular flexibility index (Phi) is 4.51. The van der Waals surface area contributed by atoms with E-state index in [9.17, 15) is 5.11 Å². The van der Waals surface area contributed by atoms with Crippen LogP contribution in [-0.4, -0.2) is 11.2 Å². The lowest BCUT2D eigenvalue weighted by Crippen LogP contribution is -2.28. The fourth-order valence-corrected chi connectivity index (χ4v) is 3.07. The second-order valence-electron chi connectivity index (χ2n) is 6.36. The zero-order valence-electron chi connectivity index (χ0n) is 12.4. The van der Waals surface area contributed by atoms with Crippen LogP contribution in [-0.2, 0) is 0 Å². The Balaban J connectivity index is 2.16. The lowest BCUT2D eigenvalue weighted by atomic mass is 9.70. The molecule has 0 spiro atoms. The molecule has 0 aliphatic heterocycles. The van der Waals surface area contributed by atoms with E-state index in [1.165, 1.54) is 19.3 Å². The van der Waals surface area contributed by atoms with Gasteiger partial charge in [-0.3, -0.25) is 0 Å². The molecule has 2 nitrogen and oxygen atoms in total. The summed E-state index contributed by atoms with van der Waals surface area (Å²) in [5.74, 6) is 0.853. The van der Waals surface area contributed by atoms with Gasteiger partial charge in [0.25, 0.3) is 0 Å². The summed E-state index contributed by atoms with van der Waals surface area (Å²) in [6, 6.07) is 7.93. The van der Waals surface area contributed by atoms with Crippen LogP contribution in [0.1, 0.15) is 64.5 Å². The molecule has 1 aliphatic carbocycles. The van der Waals surface area contributed by atoms with Gasteiger partial charge in [-0.2, -0.15) is 0 Å². The Labute approximate surface area is 116 Å². The van der Waals surface area contributed by atoms with Crippen LogP contribution >= 0.6 is 0 Å². The molecule has 2 heteroatoms. The van der Waals surface area contributed by atoms with Crippen molar-refractivity contribution in [1.29, 1.82) is 0 Å². The van der Waals surface area contributed by atoms with Crippen molar-refractivity contribution in [1.82, 2.24) is 0 Å². The SMILES string of the molecule is CC(C)Oc1cccc(C(O)C2(C)CCCCC2)c1. The van der Waals surface area contributed by atoms with Crippen LogP contribution in [0.4, 0.5) is 0 Å². The van der Waals surface area contributed by atoms with E-state index in [0.29, 0.717) is 0 Å². The van der Waals surface area contributed by atoms with E-state index < -0.39 is 0 Å². The number of aliphatic hydroxyl groups is 1. The lowest BCUT2D eigenvalue weighted by molar-refractivity contribution is 0.00800. The zero-order chi connectivity index (χ0) is 13.9. The molecule has 1 unspecified atom stereocenters. The normalized spacial score (nSPS) is 20.3. The van der Waals surface area contributed by atoms with Crippen LogP contribution in [0.25, 0.3) is 0 Å². The first-order chi connectivity index (χ1) is 9.01. The van der Waals surface area contributed by atoms with Crippen molar-refractivity contribution in [3.8, 4) is 5.75 Å². The molecule has 1 N–H and O–H groups in total. The van der Waals surface area contributed by atoms with Gasteiger partial charge in [-0.15, -0.1) is 0 Å². The molecule has 0 radical (unpaired) electrons. The highest BCUT2D eigenvalue weighted by molar-refractivity contribution is 5.31. The average molecular weight is 262 g/mol. The van der Waals surface area contributed by atoms with Crippen LogP contribution in [0.15, 0.2) is 24.3 Å². The maximum Gasteiger partial charge on any atom is 0.120 e. The summed E-state index contributed by atoms with van der Waals surface area (Å²) in [7, 11) is 0. The van der Waals surface area contributed by atoms with Crippen molar-refractivity contribution in [2.75, 3.05) is 0 Å². The largest absolute Gasteiger partial charge is 0.491 e. The van der Waals surface area contributed by atoms with Crippen LogP contribution in [0, 0.1) is 5.41 Å². The number of benzene rings is 1. The molecule has 0 bridgehead atoms. The lowest BCUT2D eigenvalue weighted by Gasteiger charge is -2.38. The summed E-state index contributed by atoms with van der Waals surface area (Å²) in [6.07, 6.45) is 5.78. The van der Waals surface area contributed by atoms with Gasteiger partial charge >= 0.3 is 0 Å². The minimum Gasteiger partial charge on any atom is -0.491 e. The minimum absolute atomic E-state index is 0.0225. The smallest absolute Gasteiger partial charge is 0.120 e. The summed E-state index contributed by atoms with van der Waals surface area (Å²) in [6.45, 7) is 6.25. The van der Waals surface area contributed by atoms with Crippen molar-refractivity contribution >= 4 is 0 Å². The fraction of sp³-hybridized carbons (Fsp3) is 0.647. The highest BCUT2D eigenvalue weighted by Gasteiger charge is 2.35. The van der Waals surface area contributed by atoms with Gasteiger partial charge in [0.2, 0.25) is 0 Å². The van der Waals surface area contributed by atoms with E-state index in [4.69, 9.17) is 4.74 Å².